The molecule has 1 amide bonds. The smallest absolute Gasteiger partial charge is 0.233 e. The van der Waals surface area contributed by atoms with Crippen LogP contribution in [-0.2, 0) is 11.3 Å². The van der Waals surface area contributed by atoms with Crippen molar-refractivity contribution in [2.75, 3.05) is 13.6 Å². The van der Waals surface area contributed by atoms with Crippen LogP contribution in [0, 0.1) is 5.82 Å². The van der Waals surface area contributed by atoms with E-state index in [0.717, 1.165) is 22.4 Å². The van der Waals surface area contributed by atoms with Gasteiger partial charge in [-0.1, -0.05) is 54.6 Å². The number of nitrogens with zero attached hydrogens (tertiary/aromatic N) is 2. The molecule has 0 bridgehead atoms. The van der Waals surface area contributed by atoms with Gasteiger partial charge in [0.1, 0.15) is 5.82 Å². The van der Waals surface area contributed by atoms with Crippen LogP contribution in [0.25, 0.3) is 28.1 Å². The molecular formula is C25H23FN4O. The Morgan fingerprint density at radius 3 is 2.32 bits per heavy atom. The minimum Gasteiger partial charge on any atom is -0.358 e. The van der Waals surface area contributed by atoms with Crippen LogP contribution in [0.3, 0.4) is 0 Å². The standard InChI is InChI=1S/C25H23FN4O/c1-27-24(31)17-28-15-20-16-29-30(25(20)22-9-5-6-10-23(22)26)21-13-11-19(12-14-21)18-7-3-2-4-8-18/h2-14,16,28H,15,17H2,1H3,(H,27,31). The number of nitrogens with one attached hydrogen (secondary N) is 2. The molecule has 1 aromatic heterocycles. The van der Waals surface area contributed by atoms with Gasteiger partial charge in [0.2, 0.25) is 5.91 Å². The van der Waals surface area contributed by atoms with Crippen molar-refractivity contribution in [3.05, 3.63) is 96.4 Å². The molecule has 5 nitrogen and oxygen atoms in total. The largest absolute Gasteiger partial charge is 0.358 e. The molecule has 6 heteroatoms. The molecule has 3 aromatic carbocycles. The molecule has 4 aromatic rings. The van der Waals surface area contributed by atoms with Crippen molar-refractivity contribution in [1.29, 1.82) is 0 Å². The highest BCUT2D eigenvalue weighted by molar-refractivity contribution is 5.77. The summed E-state index contributed by atoms with van der Waals surface area (Å²) in [5.41, 5.74) is 4.98. The zero-order chi connectivity index (χ0) is 21.6. The molecule has 2 N–H and O–H groups in total. The number of amides is 1. The van der Waals surface area contributed by atoms with Gasteiger partial charge in [-0.3, -0.25) is 4.79 Å². The minimum absolute atomic E-state index is 0.115. The van der Waals surface area contributed by atoms with Crippen molar-refractivity contribution in [2.24, 2.45) is 0 Å². The Bertz CT molecular complexity index is 1170. The third kappa shape index (κ3) is 4.54. The maximum absolute atomic E-state index is 14.7. The number of halogens is 1. The average molecular weight is 414 g/mol. The van der Waals surface area contributed by atoms with E-state index in [1.165, 1.54) is 6.07 Å². The van der Waals surface area contributed by atoms with E-state index in [1.807, 2.05) is 42.5 Å². The van der Waals surface area contributed by atoms with E-state index in [0.29, 0.717) is 17.8 Å². The van der Waals surface area contributed by atoms with Crippen molar-refractivity contribution in [3.8, 4) is 28.1 Å². The second kappa shape index (κ2) is 9.36. The Balaban J connectivity index is 1.70. The van der Waals surface area contributed by atoms with Crippen LogP contribution in [0.1, 0.15) is 5.56 Å². The summed E-state index contributed by atoms with van der Waals surface area (Å²) >= 11 is 0. The number of benzene rings is 3. The van der Waals surface area contributed by atoms with E-state index in [9.17, 15) is 9.18 Å². The lowest BCUT2D eigenvalue weighted by Crippen LogP contribution is -2.31. The molecule has 0 unspecified atom stereocenters. The third-order valence-electron chi connectivity index (χ3n) is 5.07. The fraction of sp³-hybridized carbons (Fsp3) is 0.120. The van der Waals surface area contributed by atoms with Crippen LogP contribution in [-0.4, -0.2) is 29.3 Å². The number of carbonyl (C=O) groups excluding carboxylic acids is 1. The lowest BCUT2D eigenvalue weighted by molar-refractivity contribution is -0.119. The van der Waals surface area contributed by atoms with Gasteiger partial charge in [-0.15, -0.1) is 0 Å². The van der Waals surface area contributed by atoms with E-state index >= 15 is 0 Å². The van der Waals surface area contributed by atoms with Crippen LogP contribution in [0.4, 0.5) is 4.39 Å². The fourth-order valence-corrected chi connectivity index (χ4v) is 3.47. The third-order valence-corrected chi connectivity index (χ3v) is 5.07. The molecular weight excluding hydrogens is 391 g/mol. The minimum atomic E-state index is -0.322. The maximum Gasteiger partial charge on any atom is 0.233 e. The van der Waals surface area contributed by atoms with Crippen molar-refractivity contribution in [1.82, 2.24) is 20.4 Å². The molecule has 0 atom stereocenters. The Morgan fingerprint density at radius 1 is 0.935 bits per heavy atom. The lowest BCUT2D eigenvalue weighted by Gasteiger charge is -2.12. The highest BCUT2D eigenvalue weighted by atomic mass is 19.1. The first-order valence-corrected chi connectivity index (χ1v) is 10.1. The molecule has 0 aliphatic heterocycles. The number of carbonyl (C=O) groups is 1. The second-order valence-corrected chi connectivity index (χ2v) is 7.10. The summed E-state index contributed by atoms with van der Waals surface area (Å²) in [6, 6.07) is 24.8. The van der Waals surface area contributed by atoms with E-state index < -0.39 is 0 Å². The molecule has 31 heavy (non-hydrogen) atoms. The summed E-state index contributed by atoms with van der Waals surface area (Å²) in [4.78, 5) is 11.5. The van der Waals surface area contributed by atoms with Gasteiger partial charge in [0, 0.05) is 24.7 Å². The summed E-state index contributed by atoms with van der Waals surface area (Å²) in [5.74, 6) is -0.436. The summed E-state index contributed by atoms with van der Waals surface area (Å²) in [6.07, 6.45) is 1.71. The van der Waals surface area contributed by atoms with E-state index in [4.69, 9.17) is 0 Å². The monoisotopic (exact) mass is 414 g/mol. The van der Waals surface area contributed by atoms with Crippen molar-refractivity contribution < 1.29 is 9.18 Å². The van der Waals surface area contributed by atoms with Gasteiger partial charge in [0.05, 0.1) is 24.1 Å². The van der Waals surface area contributed by atoms with E-state index in [1.54, 1.807) is 36.1 Å². The number of aromatic nitrogens is 2. The van der Waals surface area contributed by atoms with Gasteiger partial charge in [-0.05, 0) is 35.4 Å². The molecule has 0 spiro atoms. The Kier molecular flexibility index (Phi) is 6.19. The van der Waals surface area contributed by atoms with Gasteiger partial charge >= 0.3 is 0 Å². The first-order chi connectivity index (χ1) is 15.2. The van der Waals surface area contributed by atoms with Gasteiger partial charge in [-0.2, -0.15) is 5.10 Å². The van der Waals surface area contributed by atoms with Crippen LogP contribution >= 0.6 is 0 Å². The molecule has 0 aliphatic rings. The molecule has 0 saturated heterocycles. The Hall–Kier alpha value is -3.77. The van der Waals surface area contributed by atoms with Gasteiger partial charge in [-0.25, -0.2) is 9.07 Å². The van der Waals surface area contributed by atoms with Crippen molar-refractivity contribution in [2.45, 2.75) is 6.54 Å². The van der Waals surface area contributed by atoms with Gasteiger partial charge < -0.3 is 10.6 Å². The number of likely N-dealkylation sites (N-methyl/N-ethyl adjacent to an activating group) is 1. The van der Waals surface area contributed by atoms with Gasteiger partial charge in [0.25, 0.3) is 0 Å². The summed E-state index contributed by atoms with van der Waals surface area (Å²) < 4.78 is 16.4. The lowest BCUT2D eigenvalue weighted by atomic mass is 10.0. The van der Waals surface area contributed by atoms with Crippen molar-refractivity contribution >= 4 is 5.91 Å². The maximum atomic E-state index is 14.7. The first kappa shape index (κ1) is 20.5. The second-order valence-electron chi connectivity index (χ2n) is 7.10. The van der Waals surface area contributed by atoms with Crippen LogP contribution < -0.4 is 10.6 Å². The zero-order valence-corrected chi connectivity index (χ0v) is 17.2. The topological polar surface area (TPSA) is 59.0 Å². The number of hydrogen-bond donors (Lipinski definition) is 2. The quantitative estimate of drug-likeness (QED) is 0.477. The summed E-state index contributed by atoms with van der Waals surface area (Å²) in [7, 11) is 1.59. The molecule has 4 rings (SSSR count). The zero-order valence-electron chi connectivity index (χ0n) is 17.2. The van der Waals surface area contributed by atoms with Crippen LogP contribution in [0.2, 0.25) is 0 Å². The molecule has 0 fully saturated rings. The number of hydrogen-bond acceptors (Lipinski definition) is 3. The van der Waals surface area contributed by atoms with Crippen LogP contribution in [0.15, 0.2) is 85.1 Å². The average Bonchev–Trinajstić information content (AvgIpc) is 3.23. The predicted molar refractivity (Wildman–Crippen MR) is 120 cm³/mol. The molecule has 156 valence electrons. The fourth-order valence-electron chi connectivity index (χ4n) is 3.47. The highest BCUT2D eigenvalue weighted by Crippen LogP contribution is 2.30. The molecule has 0 saturated carbocycles. The van der Waals surface area contributed by atoms with E-state index in [2.05, 4.69) is 27.9 Å². The molecule has 1 heterocycles. The molecule has 0 radical (unpaired) electrons. The Morgan fingerprint density at radius 2 is 1.61 bits per heavy atom. The van der Waals surface area contributed by atoms with E-state index in [-0.39, 0.29) is 18.3 Å². The number of rotatable bonds is 7. The van der Waals surface area contributed by atoms with Crippen molar-refractivity contribution in [3.63, 3.8) is 0 Å². The normalized spacial score (nSPS) is 10.8. The SMILES string of the molecule is CNC(=O)CNCc1cnn(-c2ccc(-c3ccccc3)cc2)c1-c1ccccc1F. The highest BCUT2D eigenvalue weighted by Gasteiger charge is 2.17. The molecule has 0 aliphatic carbocycles. The van der Waals surface area contributed by atoms with Gasteiger partial charge in [0.15, 0.2) is 0 Å². The first-order valence-electron chi connectivity index (χ1n) is 10.1. The summed E-state index contributed by atoms with van der Waals surface area (Å²) in [5, 5.41) is 10.2. The Labute approximate surface area is 180 Å². The predicted octanol–water partition coefficient (Wildman–Crippen LogP) is 4.18. The summed E-state index contributed by atoms with van der Waals surface area (Å²) in [6.45, 7) is 0.559. The van der Waals surface area contributed by atoms with Crippen LogP contribution in [0.5, 0.6) is 0 Å².